The van der Waals surface area contributed by atoms with Crippen molar-refractivity contribution in [1.29, 1.82) is 0 Å². The lowest BCUT2D eigenvalue weighted by atomic mass is 9.78. The second-order valence-electron chi connectivity index (χ2n) is 7.53. The minimum Gasteiger partial charge on any atom is -0.373 e. The van der Waals surface area contributed by atoms with Crippen molar-refractivity contribution in [3.8, 4) is 0 Å². The molecule has 24 heavy (non-hydrogen) atoms. The van der Waals surface area contributed by atoms with E-state index in [9.17, 15) is 4.79 Å². The summed E-state index contributed by atoms with van der Waals surface area (Å²) in [5.41, 5.74) is 3.12. The molecule has 1 aliphatic carbocycles. The summed E-state index contributed by atoms with van der Waals surface area (Å²) in [6.07, 6.45) is 8.09. The molecule has 5 nitrogen and oxygen atoms in total. The number of carbonyl (C=O) groups is 1. The van der Waals surface area contributed by atoms with Gasteiger partial charge in [-0.05, 0) is 39.5 Å². The zero-order valence-corrected chi connectivity index (χ0v) is 15.3. The third-order valence-corrected chi connectivity index (χ3v) is 5.73. The van der Waals surface area contributed by atoms with Crippen LogP contribution in [0.4, 0.5) is 0 Å². The number of aromatic nitrogens is 2. The van der Waals surface area contributed by atoms with Crippen LogP contribution >= 0.6 is 0 Å². The van der Waals surface area contributed by atoms with Crippen molar-refractivity contribution < 1.29 is 9.53 Å². The van der Waals surface area contributed by atoms with Crippen LogP contribution in [0.15, 0.2) is 12.2 Å². The number of ether oxygens (including phenoxy) is 1. The van der Waals surface area contributed by atoms with Crippen LogP contribution in [-0.2, 0) is 16.6 Å². The highest BCUT2D eigenvalue weighted by molar-refractivity contribution is 5.82. The molecule has 0 radical (unpaired) electrons. The van der Waals surface area contributed by atoms with Crippen molar-refractivity contribution >= 4 is 5.91 Å². The number of nitrogens with one attached hydrogen (secondary N) is 1. The van der Waals surface area contributed by atoms with Gasteiger partial charge in [0.1, 0.15) is 0 Å². The molecule has 0 spiro atoms. The summed E-state index contributed by atoms with van der Waals surface area (Å²) in [5, 5.41) is 7.71. The van der Waals surface area contributed by atoms with Crippen LogP contribution < -0.4 is 5.32 Å². The first-order chi connectivity index (χ1) is 11.4. The Morgan fingerprint density at radius 1 is 1.46 bits per heavy atom. The Balaban J connectivity index is 1.66. The first-order valence-electron chi connectivity index (χ1n) is 8.97. The van der Waals surface area contributed by atoms with Gasteiger partial charge in [0.05, 0.1) is 17.2 Å². The van der Waals surface area contributed by atoms with E-state index in [4.69, 9.17) is 4.74 Å². The van der Waals surface area contributed by atoms with Gasteiger partial charge in [-0.1, -0.05) is 19.1 Å². The predicted molar refractivity (Wildman–Crippen MR) is 93.6 cm³/mol. The Hall–Kier alpha value is -1.62. The van der Waals surface area contributed by atoms with Crippen molar-refractivity contribution in [3.63, 3.8) is 0 Å². The van der Waals surface area contributed by atoms with Gasteiger partial charge in [-0.3, -0.25) is 9.48 Å². The molecule has 2 heterocycles. The van der Waals surface area contributed by atoms with E-state index in [1.165, 1.54) is 5.56 Å². The standard InChI is InChI=1S/C19H29N3O2/c1-13-16(14(2)22(4)21-13)17-15(8-11-24-17)12-20-18(23)19(3)9-6-5-7-10-19/h5-6,15,17H,7-12H2,1-4H3,(H,20,23)/t15-,17+,19?/m0/s1. The maximum atomic E-state index is 12.7. The van der Waals surface area contributed by atoms with Crippen LogP contribution in [0.25, 0.3) is 0 Å². The molecule has 3 rings (SSSR count). The lowest BCUT2D eigenvalue weighted by molar-refractivity contribution is -0.130. The summed E-state index contributed by atoms with van der Waals surface area (Å²) in [6, 6.07) is 0. The van der Waals surface area contributed by atoms with E-state index in [1.807, 2.05) is 18.7 Å². The molecule has 5 heteroatoms. The molecule has 0 saturated carbocycles. The van der Waals surface area contributed by atoms with Crippen molar-refractivity contribution in [2.75, 3.05) is 13.2 Å². The fraction of sp³-hybridized carbons (Fsp3) is 0.684. The van der Waals surface area contributed by atoms with E-state index in [2.05, 4.69) is 36.4 Å². The van der Waals surface area contributed by atoms with E-state index >= 15 is 0 Å². The smallest absolute Gasteiger partial charge is 0.226 e. The molecule has 3 atom stereocenters. The molecule has 1 unspecified atom stereocenters. The molecule has 132 valence electrons. The van der Waals surface area contributed by atoms with Crippen LogP contribution in [0.3, 0.4) is 0 Å². The maximum absolute atomic E-state index is 12.7. The lowest BCUT2D eigenvalue weighted by Crippen LogP contribution is -2.41. The lowest BCUT2D eigenvalue weighted by Gasteiger charge is -2.30. The van der Waals surface area contributed by atoms with Crippen LogP contribution in [0.5, 0.6) is 0 Å². The zero-order chi connectivity index (χ0) is 17.3. The quantitative estimate of drug-likeness (QED) is 0.863. The first-order valence-corrected chi connectivity index (χ1v) is 8.97. The summed E-state index contributed by atoms with van der Waals surface area (Å²) < 4.78 is 7.93. The summed E-state index contributed by atoms with van der Waals surface area (Å²) in [6.45, 7) is 7.62. The van der Waals surface area contributed by atoms with Crippen LogP contribution in [0.2, 0.25) is 0 Å². The topological polar surface area (TPSA) is 56.1 Å². The van der Waals surface area contributed by atoms with Gasteiger partial charge in [-0.25, -0.2) is 0 Å². The molecule has 1 amide bonds. The van der Waals surface area contributed by atoms with Crippen molar-refractivity contribution in [3.05, 3.63) is 29.1 Å². The third-order valence-electron chi connectivity index (χ3n) is 5.73. The Morgan fingerprint density at radius 3 is 2.88 bits per heavy atom. The molecular formula is C19H29N3O2. The van der Waals surface area contributed by atoms with Crippen molar-refractivity contribution in [2.24, 2.45) is 18.4 Å². The minimum absolute atomic E-state index is 0.0399. The van der Waals surface area contributed by atoms with Gasteiger partial charge < -0.3 is 10.1 Å². The van der Waals surface area contributed by atoms with Crippen LogP contribution in [-0.4, -0.2) is 28.8 Å². The number of aryl methyl sites for hydroxylation is 2. The zero-order valence-electron chi connectivity index (χ0n) is 15.3. The van der Waals surface area contributed by atoms with Gasteiger partial charge in [-0.15, -0.1) is 0 Å². The molecular weight excluding hydrogens is 302 g/mol. The molecule has 0 bridgehead atoms. The van der Waals surface area contributed by atoms with Gasteiger partial charge >= 0.3 is 0 Å². The fourth-order valence-electron chi connectivity index (χ4n) is 3.97. The number of rotatable bonds is 4. The van der Waals surface area contributed by atoms with Crippen LogP contribution in [0.1, 0.15) is 55.7 Å². The Kier molecular flexibility index (Phi) is 4.81. The maximum Gasteiger partial charge on any atom is 0.226 e. The van der Waals surface area contributed by atoms with E-state index in [0.29, 0.717) is 12.5 Å². The molecule has 1 N–H and O–H groups in total. The molecule has 2 aliphatic rings. The monoisotopic (exact) mass is 331 g/mol. The molecule has 1 aliphatic heterocycles. The summed E-state index contributed by atoms with van der Waals surface area (Å²) in [7, 11) is 1.97. The second kappa shape index (κ2) is 6.71. The van der Waals surface area contributed by atoms with Gasteiger partial charge in [0.15, 0.2) is 0 Å². The number of carbonyl (C=O) groups excluding carboxylic acids is 1. The Morgan fingerprint density at radius 2 is 2.25 bits per heavy atom. The SMILES string of the molecule is Cc1nn(C)c(C)c1[C@@H]1OCC[C@H]1CNC(=O)C1(C)CC=CCC1. The molecule has 1 fully saturated rings. The number of nitrogens with zero attached hydrogens (tertiary/aromatic N) is 2. The average molecular weight is 331 g/mol. The second-order valence-corrected chi connectivity index (χ2v) is 7.53. The molecule has 0 aromatic carbocycles. The number of amides is 1. The van der Waals surface area contributed by atoms with Gasteiger partial charge in [0, 0.05) is 37.4 Å². The van der Waals surface area contributed by atoms with E-state index < -0.39 is 0 Å². The Bertz CT molecular complexity index is 649. The highest BCUT2D eigenvalue weighted by Crippen LogP contribution is 2.38. The predicted octanol–water partition coefficient (Wildman–Crippen LogP) is 2.98. The molecule has 1 saturated heterocycles. The number of allylic oxidation sites excluding steroid dienone is 2. The fourth-order valence-corrected chi connectivity index (χ4v) is 3.97. The number of hydrogen-bond acceptors (Lipinski definition) is 3. The van der Waals surface area contributed by atoms with Gasteiger partial charge in [-0.2, -0.15) is 5.10 Å². The number of hydrogen-bond donors (Lipinski definition) is 1. The van der Waals surface area contributed by atoms with Crippen LogP contribution in [0, 0.1) is 25.2 Å². The summed E-state index contributed by atoms with van der Waals surface area (Å²) >= 11 is 0. The van der Waals surface area contributed by atoms with Gasteiger partial charge in [0.25, 0.3) is 0 Å². The first kappa shape index (κ1) is 17.2. The summed E-state index contributed by atoms with van der Waals surface area (Å²) in [5.74, 6) is 0.496. The Labute approximate surface area is 144 Å². The normalized spacial score (nSPS) is 29.8. The summed E-state index contributed by atoms with van der Waals surface area (Å²) in [4.78, 5) is 12.7. The van der Waals surface area contributed by atoms with E-state index in [-0.39, 0.29) is 17.4 Å². The van der Waals surface area contributed by atoms with E-state index in [0.717, 1.165) is 43.7 Å². The average Bonchev–Trinajstić information content (AvgIpc) is 3.10. The minimum atomic E-state index is -0.260. The highest BCUT2D eigenvalue weighted by atomic mass is 16.5. The largest absolute Gasteiger partial charge is 0.373 e. The van der Waals surface area contributed by atoms with Crippen molar-refractivity contribution in [1.82, 2.24) is 15.1 Å². The third kappa shape index (κ3) is 3.14. The van der Waals surface area contributed by atoms with E-state index in [1.54, 1.807) is 0 Å². The van der Waals surface area contributed by atoms with Crippen molar-refractivity contribution in [2.45, 2.75) is 52.6 Å². The molecule has 1 aromatic rings. The highest BCUT2D eigenvalue weighted by Gasteiger charge is 2.36. The molecule has 1 aromatic heterocycles. The van der Waals surface area contributed by atoms with Gasteiger partial charge in [0.2, 0.25) is 5.91 Å².